The van der Waals surface area contributed by atoms with Crippen LogP contribution in [-0.4, -0.2) is 57.1 Å². The molecule has 0 heterocycles. The Kier molecular flexibility index (Phi) is 11.6. The molecule has 0 saturated carbocycles. The first-order valence-corrected chi connectivity index (χ1v) is 15.4. The molecule has 0 aromatic heterocycles. The third-order valence-electron chi connectivity index (χ3n) is 6.41. The minimum Gasteiger partial charge on any atom is -0.494 e. The number of carbonyl (C=O) groups is 2. The summed E-state index contributed by atoms with van der Waals surface area (Å²) in [5.41, 5.74) is 2.07. The van der Waals surface area contributed by atoms with Crippen molar-refractivity contribution in [3.63, 3.8) is 0 Å². The molecule has 0 aliphatic rings. The Morgan fingerprint density at radius 1 is 0.875 bits per heavy atom. The molecular formula is C31H39N3O5S. The van der Waals surface area contributed by atoms with Crippen molar-refractivity contribution in [3.05, 3.63) is 96.1 Å². The lowest BCUT2D eigenvalue weighted by atomic mass is 10.0. The normalized spacial score (nSPS) is 11.9. The quantitative estimate of drug-likeness (QED) is 0.276. The number of carbonyl (C=O) groups excluding carboxylic acids is 2. The van der Waals surface area contributed by atoms with Crippen LogP contribution in [0.2, 0.25) is 0 Å². The van der Waals surface area contributed by atoms with Crippen LogP contribution in [0.4, 0.5) is 5.69 Å². The average molecular weight is 566 g/mol. The number of rotatable bonds is 15. The van der Waals surface area contributed by atoms with Crippen LogP contribution in [0.5, 0.6) is 5.75 Å². The van der Waals surface area contributed by atoms with E-state index in [0.29, 0.717) is 31.0 Å². The zero-order chi connectivity index (χ0) is 29.0. The van der Waals surface area contributed by atoms with E-state index >= 15 is 0 Å². The van der Waals surface area contributed by atoms with E-state index in [1.165, 1.54) is 4.90 Å². The summed E-state index contributed by atoms with van der Waals surface area (Å²) in [4.78, 5) is 29.1. The van der Waals surface area contributed by atoms with Gasteiger partial charge in [-0.05, 0) is 48.7 Å². The summed E-state index contributed by atoms with van der Waals surface area (Å²) in [6, 6.07) is 24.6. The molecule has 0 fully saturated rings. The van der Waals surface area contributed by atoms with Crippen LogP contribution in [0.25, 0.3) is 0 Å². The maximum absolute atomic E-state index is 14.0. The number of hydrogen-bond donors (Lipinski definition) is 1. The lowest BCUT2D eigenvalue weighted by Crippen LogP contribution is -2.53. The van der Waals surface area contributed by atoms with E-state index in [1.807, 2.05) is 74.5 Å². The third kappa shape index (κ3) is 9.12. The van der Waals surface area contributed by atoms with Gasteiger partial charge in [-0.3, -0.25) is 13.9 Å². The van der Waals surface area contributed by atoms with Gasteiger partial charge >= 0.3 is 0 Å². The van der Waals surface area contributed by atoms with Crippen LogP contribution < -0.4 is 14.4 Å². The average Bonchev–Trinajstić information content (AvgIpc) is 2.95. The van der Waals surface area contributed by atoms with Gasteiger partial charge < -0.3 is 15.0 Å². The molecule has 0 spiro atoms. The topological polar surface area (TPSA) is 96.0 Å². The monoisotopic (exact) mass is 565 g/mol. The summed E-state index contributed by atoms with van der Waals surface area (Å²) in [6.45, 7) is 4.58. The number of nitrogens with one attached hydrogen (secondary N) is 1. The van der Waals surface area contributed by atoms with E-state index in [4.69, 9.17) is 4.74 Å². The fraction of sp³-hybridized carbons (Fsp3) is 0.355. The van der Waals surface area contributed by atoms with Gasteiger partial charge in [-0.2, -0.15) is 0 Å². The highest BCUT2D eigenvalue weighted by Gasteiger charge is 2.32. The first kappa shape index (κ1) is 30.7. The number of benzene rings is 3. The molecule has 9 heteroatoms. The lowest BCUT2D eigenvalue weighted by molar-refractivity contribution is -0.140. The summed E-state index contributed by atoms with van der Waals surface area (Å²) in [6.07, 6.45) is 3.09. The van der Waals surface area contributed by atoms with Crippen molar-refractivity contribution >= 4 is 27.5 Å². The molecule has 8 nitrogen and oxygen atoms in total. The highest BCUT2D eigenvalue weighted by atomic mass is 32.2. The van der Waals surface area contributed by atoms with Crippen LogP contribution in [0, 0.1) is 0 Å². The second-order valence-corrected chi connectivity index (χ2v) is 11.5. The largest absolute Gasteiger partial charge is 0.494 e. The molecule has 214 valence electrons. The van der Waals surface area contributed by atoms with E-state index < -0.39 is 28.5 Å². The Morgan fingerprint density at radius 3 is 2.02 bits per heavy atom. The van der Waals surface area contributed by atoms with Crippen molar-refractivity contribution in [1.29, 1.82) is 0 Å². The molecule has 0 bridgehead atoms. The van der Waals surface area contributed by atoms with Gasteiger partial charge in [0.1, 0.15) is 18.3 Å². The first-order valence-electron chi connectivity index (χ1n) is 13.6. The van der Waals surface area contributed by atoms with Crippen molar-refractivity contribution < 1.29 is 22.7 Å². The van der Waals surface area contributed by atoms with Crippen LogP contribution in [-0.2, 0) is 32.6 Å². The van der Waals surface area contributed by atoms with Gasteiger partial charge in [-0.1, -0.05) is 74.0 Å². The van der Waals surface area contributed by atoms with Crippen molar-refractivity contribution in [1.82, 2.24) is 10.2 Å². The summed E-state index contributed by atoms with van der Waals surface area (Å²) < 4.78 is 32.3. The van der Waals surface area contributed by atoms with E-state index in [1.54, 1.807) is 24.3 Å². The van der Waals surface area contributed by atoms with Crippen molar-refractivity contribution in [2.24, 2.45) is 0 Å². The molecule has 0 aliphatic heterocycles. The molecule has 40 heavy (non-hydrogen) atoms. The fourth-order valence-electron chi connectivity index (χ4n) is 4.33. The second-order valence-electron chi connectivity index (χ2n) is 9.55. The van der Waals surface area contributed by atoms with Gasteiger partial charge in [0.2, 0.25) is 21.8 Å². The smallest absolute Gasteiger partial charge is 0.244 e. The summed E-state index contributed by atoms with van der Waals surface area (Å²) in [5.74, 6) is -0.147. The summed E-state index contributed by atoms with van der Waals surface area (Å²) in [7, 11) is -3.82. The number of nitrogens with zero attached hydrogens (tertiary/aromatic N) is 2. The fourth-order valence-corrected chi connectivity index (χ4v) is 5.18. The van der Waals surface area contributed by atoms with E-state index in [9.17, 15) is 18.0 Å². The zero-order valence-corrected chi connectivity index (χ0v) is 24.3. The van der Waals surface area contributed by atoms with Gasteiger partial charge in [-0.15, -0.1) is 0 Å². The molecule has 0 unspecified atom stereocenters. The number of sulfonamides is 1. The van der Waals surface area contributed by atoms with Crippen LogP contribution in [0.15, 0.2) is 84.9 Å². The van der Waals surface area contributed by atoms with E-state index in [0.717, 1.165) is 34.5 Å². The van der Waals surface area contributed by atoms with Gasteiger partial charge in [0.05, 0.1) is 18.6 Å². The number of anilines is 1. The first-order chi connectivity index (χ1) is 19.2. The molecule has 1 atom stereocenters. The molecule has 1 N–H and O–H groups in total. The summed E-state index contributed by atoms with van der Waals surface area (Å²) >= 11 is 0. The maximum Gasteiger partial charge on any atom is 0.244 e. The Morgan fingerprint density at radius 2 is 1.48 bits per heavy atom. The van der Waals surface area contributed by atoms with Crippen LogP contribution in [0.3, 0.4) is 0 Å². The Balaban J connectivity index is 1.99. The third-order valence-corrected chi connectivity index (χ3v) is 7.55. The molecule has 0 saturated heterocycles. The summed E-state index contributed by atoms with van der Waals surface area (Å²) in [5, 5.41) is 2.98. The highest BCUT2D eigenvalue weighted by Crippen LogP contribution is 2.23. The van der Waals surface area contributed by atoms with Gasteiger partial charge in [0.15, 0.2) is 0 Å². The van der Waals surface area contributed by atoms with Gasteiger partial charge in [0, 0.05) is 19.5 Å². The van der Waals surface area contributed by atoms with Crippen LogP contribution >= 0.6 is 0 Å². The van der Waals surface area contributed by atoms with Crippen molar-refractivity contribution in [3.8, 4) is 5.75 Å². The predicted octanol–water partition coefficient (Wildman–Crippen LogP) is 4.41. The maximum atomic E-state index is 14.0. The number of ether oxygens (including phenoxy) is 1. The van der Waals surface area contributed by atoms with E-state index in [2.05, 4.69) is 5.32 Å². The molecule has 0 aliphatic carbocycles. The lowest BCUT2D eigenvalue weighted by Gasteiger charge is -2.33. The molecule has 3 aromatic rings. The highest BCUT2D eigenvalue weighted by molar-refractivity contribution is 7.92. The van der Waals surface area contributed by atoms with Crippen molar-refractivity contribution in [2.45, 2.75) is 45.7 Å². The molecular weight excluding hydrogens is 526 g/mol. The SMILES string of the molecule is CCCCNC(=O)[C@@H](Cc1ccccc1)N(Cc1ccccc1)C(=O)CN(c1ccc(OCC)cc1)S(C)(=O)=O. The number of hydrogen-bond acceptors (Lipinski definition) is 5. The number of amides is 2. The van der Waals surface area contributed by atoms with Crippen LogP contribution in [0.1, 0.15) is 37.8 Å². The number of unbranched alkanes of at least 4 members (excludes halogenated alkanes) is 1. The molecule has 0 radical (unpaired) electrons. The standard InChI is InChI=1S/C31H39N3O5S/c1-4-6-21-32-31(36)29(22-25-13-9-7-10-14-25)33(23-26-15-11-8-12-16-26)30(35)24-34(40(3,37)38)27-17-19-28(20-18-27)39-5-2/h7-20,29H,4-6,21-24H2,1-3H3,(H,32,36)/t29-/m1/s1. The Labute approximate surface area is 238 Å². The molecule has 3 rings (SSSR count). The van der Waals surface area contributed by atoms with Crippen molar-refractivity contribution in [2.75, 3.05) is 30.3 Å². The Hall–Kier alpha value is -3.85. The predicted molar refractivity (Wildman–Crippen MR) is 159 cm³/mol. The van der Waals surface area contributed by atoms with E-state index in [-0.39, 0.29) is 12.5 Å². The molecule has 2 amide bonds. The minimum atomic E-state index is -3.82. The Bertz CT molecular complexity index is 1320. The van der Waals surface area contributed by atoms with Gasteiger partial charge in [-0.25, -0.2) is 8.42 Å². The zero-order valence-electron chi connectivity index (χ0n) is 23.5. The minimum absolute atomic E-state index is 0.152. The second kappa shape index (κ2) is 15.1. The molecule has 3 aromatic carbocycles. The van der Waals surface area contributed by atoms with Gasteiger partial charge in [0.25, 0.3) is 0 Å².